The molecule has 0 spiro atoms. The van der Waals surface area contributed by atoms with E-state index in [4.69, 9.17) is 0 Å². The highest BCUT2D eigenvalue weighted by Gasteiger charge is 1.99. The lowest BCUT2D eigenvalue weighted by Crippen LogP contribution is -2.01. The maximum atomic E-state index is 10.7. The van der Waals surface area contributed by atoms with Crippen LogP contribution in [0.1, 0.15) is 16.1 Å². The van der Waals surface area contributed by atoms with E-state index in [-0.39, 0.29) is 0 Å². The van der Waals surface area contributed by atoms with Gasteiger partial charge in [0, 0.05) is 16.3 Å². The summed E-state index contributed by atoms with van der Waals surface area (Å²) in [4.78, 5) is 10.7. The van der Waals surface area contributed by atoms with E-state index < -0.39 is 0 Å². The fourth-order valence-corrected chi connectivity index (χ4v) is 1.82. The van der Waals surface area contributed by atoms with Crippen LogP contribution in [0.15, 0.2) is 42.6 Å². The van der Waals surface area contributed by atoms with E-state index >= 15 is 0 Å². The quantitative estimate of drug-likeness (QED) is 0.631. The second-order valence-corrected chi connectivity index (χ2v) is 4.55. The van der Waals surface area contributed by atoms with Crippen LogP contribution in [0.5, 0.6) is 0 Å². The highest BCUT2D eigenvalue weighted by atomic mass is 127. The van der Waals surface area contributed by atoms with Crippen LogP contribution in [-0.4, -0.2) is 10.9 Å². The maximum absolute atomic E-state index is 10.7. The zero-order chi connectivity index (χ0) is 10.7. The molecular formula is C12H10INO. The predicted molar refractivity (Wildman–Crippen MR) is 68.1 cm³/mol. The second kappa shape index (κ2) is 4.61. The van der Waals surface area contributed by atoms with Crippen molar-refractivity contribution in [3.63, 3.8) is 0 Å². The predicted octanol–water partition coefficient (Wildman–Crippen LogP) is 2.95. The largest absolute Gasteiger partial charge is 0.341 e. The summed E-state index contributed by atoms with van der Waals surface area (Å²) in [6.07, 6.45) is 2.80. The van der Waals surface area contributed by atoms with Crippen molar-refractivity contribution < 1.29 is 4.79 Å². The van der Waals surface area contributed by atoms with Crippen LogP contribution in [0, 0.1) is 3.57 Å². The zero-order valence-electron chi connectivity index (χ0n) is 8.06. The molecule has 0 aliphatic rings. The van der Waals surface area contributed by atoms with Crippen LogP contribution in [-0.2, 0) is 6.54 Å². The summed E-state index contributed by atoms with van der Waals surface area (Å²) < 4.78 is 3.16. The molecule has 2 aromatic rings. The van der Waals surface area contributed by atoms with Crippen molar-refractivity contribution in [2.24, 2.45) is 0 Å². The van der Waals surface area contributed by atoms with Gasteiger partial charge >= 0.3 is 0 Å². The number of benzene rings is 1. The van der Waals surface area contributed by atoms with Crippen molar-refractivity contribution in [1.29, 1.82) is 0 Å². The van der Waals surface area contributed by atoms with Gasteiger partial charge in [0.25, 0.3) is 0 Å². The molecule has 0 N–H and O–H groups in total. The lowest BCUT2D eigenvalue weighted by molar-refractivity contribution is 0.111. The maximum Gasteiger partial charge on any atom is 0.166 e. The molecule has 0 atom stereocenters. The van der Waals surface area contributed by atoms with E-state index in [0.29, 0.717) is 5.69 Å². The molecule has 3 heteroatoms. The van der Waals surface area contributed by atoms with Gasteiger partial charge in [0.15, 0.2) is 6.29 Å². The number of hydrogen-bond acceptors (Lipinski definition) is 1. The Kier molecular flexibility index (Phi) is 3.20. The highest BCUT2D eigenvalue weighted by molar-refractivity contribution is 14.1. The molecule has 0 bridgehead atoms. The number of carbonyl (C=O) groups excluding carboxylic acids is 1. The minimum absolute atomic E-state index is 0.716. The molecule has 1 heterocycles. The van der Waals surface area contributed by atoms with Crippen LogP contribution in [0.25, 0.3) is 0 Å². The molecule has 0 fully saturated rings. The molecule has 76 valence electrons. The Bertz CT molecular complexity index is 459. The highest BCUT2D eigenvalue weighted by Crippen LogP contribution is 2.09. The first-order chi connectivity index (χ1) is 7.29. The Morgan fingerprint density at radius 1 is 1.20 bits per heavy atom. The number of nitrogens with zero attached hydrogens (tertiary/aromatic N) is 1. The molecule has 0 unspecified atom stereocenters. The van der Waals surface area contributed by atoms with Gasteiger partial charge in [-0.15, -0.1) is 0 Å². The molecule has 1 aromatic carbocycles. The number of aldehydes is 1. The van der Waals surface area contributed by atoms with Crippen molar-refractivity contribution in [3.8, 4) is 0 Å². The van der Waals surface area contributed by atoms with Gasteiger partial charge in [-0.3, -0.25) is 4.79 Å². The van der Waals surface area contributed by atoms with E-state index in [0.717, 1.165) is 12.8 Å². The summed E-state index contributed by atoms with van der Waals surface area (Å²) in [6.45, 7) is 0.748. The van der Waals surface area contributed by atoms with Gasteiger partial charge in [0.05, 0.1) is 5.69 Å². The first kappa shape index (κ1) is 10.4. The molecule has 1 aromatic heterocycles. The van der Waals surface area contributed by atoms with E-state index in [9.17, 15) is 4.79 Å². The molecule has 0 aliphatic heterocycles. The van der Waals surface area contributed by atoms with Gasteiger partial charge in [0.1, 0.15) is 0 Å². The Labute approximate surface area is 102 Å². The third-order valence-electron chi connectivity index (χ3n) is 2.25. The van der Waals surface area contributed by atoms with E-state index in [1.54, 1.807) is 0 Å². The molecule has 2 rings (SSSR count). The lowest BCUT2D eigenvalue weighted by Gasteiger charge is -2.05. The van der Waals surface area contributed by atoms with Crippen molar-refractivity contribution in [1.82, 2.24) is 4.57 Å². The van der Waals surface area contributed by atoms with Gasteiger partial charge in [-0.05, 0) is 52.4 Å². The smallest absolute Gasteiger partial charge is 0.166 e. The zero-order valence-corrected chi connectivity index (χ0v) is 10.2. The van der Waals surface area contributed by atoms with Crippen LogP contribution >= 0.6 is 22.6 Å². The number of hydrogen-bond donors (Lipinski definition) is 0. The van der Waals surface area contributed by atoms with Gasteiger partial charge in [-0.1, -0.05) is 12.1 Å². The van der Waals surface area contributed by atoms with Gasteiger partial charge in [-0.2, -0.15) is 0 Å². The average molecular weight is 311 g/mol. The fourth-order valence-electron chi connectivity index (χ4n) is 1.46. The van der Waals surface area contributed by atoms with Crippen LogP contribution < -0.4 is 0 Å². The molecule has 0 radical (unpaired) electrons. The number of aromatic nitrogens is 1. The van der Waals surface area contributed by atoms with Crippen LogP contribution in [0.3, 0.4) is 0 Å². The topological polar surface area (TPSA) is 22.0 Å². The van der Waals surface area contributed by atoms with Crippen molar-refractivity contribution in [3.05, 3.63) is 57.4 Å². The van der Waals surface area contributed by atoms with Gasteiger partial charge in [-0.25, -0.2) is 0 Å². The molecular weight excluding hydrogens is 301 g/mol. The summed E-state index contributed by atoms with van der Waals surface area (Å²) in [6, 6.07) is 12.0. The van der Waals surface area contributed by atoms with E-state index in [1.807, 2.05) is 22.9 Å². The van der Waals surface area contributed by atoms with Crippen molar-refractivity contribution in [2.75, 3.05) is 0 Å². The Hall–Kier alpha value is -1.10. The van der Waals surface area contributed by atoms with Gasteiger partial charge in [0.2, 0.25) is 0 Å². The summed E-state index contributed by atoms with van der Waals surface area (Å²) >= 11 is 2.28. The molecule has 0 amide bonds. The Morgan fingerprint density at radius 2 is 1.93 bits per heavy atom. The standard InChI is InChI=1S/C12H10INO/c13-11-5-3-10(4-6-11)8-14-7-1-2-12(14)9-15/h1-7,9H,8H2. The number of rotatable bonds is 3. The first-order valence-corrected chi connectivity index (χ1v) is 5.72. The van der Waals surface area contributed by atoms with E-state index in [2.05, 4.69) is 46.9 Å². The van der Waals surface area contributed by atoms with Crippen molar-refractivity contribution >= 4 is 28.9 Å². The SMILES string of the molecule is O=Cc1cccn1Cc1ccc(I)cc1. The molecule has 2 nitrogen and oxygen atoms in total. The third kappa shape index (κ3) is 2.47. The second-order valence-electron chi connectivity index (χ2n) is 3.31. The third-order valence-corrected chi connectivity index (χ3v) is 2.97. The van der Waals surface area contributed by atoms with E-state index in [1.165, 1.54) is 9.13 Å². The van der Waals surface area contributed by atoms with Crippen LogP contribution in [0.2, 0.25) is 0 Å². The Morgan fingerprint density at radius 3 is 2.60 bits per heavy atom. The van der Waals surface area contributed by atoms with Gasteiger partial charge < -0.3 is 4.57 Å². The number of carbonyl (C=O) groups is 1. The van der Waals surface area contributed by atoms with Crippen LogP contribution in [0.4, 0.5) is 0 Å². The minimum atomic E-state index is 0.716. The Balaban J connectivity index is 2.21. The first-order valence-electron chi connectivity index (χ1n) is 4.64. The summed E-state index contributed by atoms with van der Waals surface area (Å²) in [5.74, 6) is 0. The summed E-state index contributed by atoms with van der Waals surface area (Å²) in [5.41, 5.74) is 1.92. The monoisotopic (exact) mass is 311 g/mol. The molecule has 0 saturated heterocycles. The molecule has 15 heavy (non-hydrogen) atoms. The summed E-state index contributed by atoms with van der Waals surface area (Å²) in [7, 11) is 0. The fraction of sp³-hybridized carbons (Fsp3) is 0.0833. The normalized spacial score (nSPS) is 10.2. The summed E-state index contributed by atoms with van der Waals surface area (Å²) in [5, 5.41) is 0. The lowest BCUT2D eigenvalue weighted by atomic mass is 10.2. The molecule has 0 saturated carbocycles. The van der Waals surface area contributed by atoms with Crippen molar-refractivity contribution in [2.45, 2.75) is 6.54 Å². The molecule has 0 aliphatic carbocycles. The number of halogens is 1. The average Bonchev–Trinajstić information content (AvgIpc) is 2.69. The minimum Gasteiger partial charge on any atom is -0.341 e.